The number of carbonyl (C=O) groups excluding carboxylic acids is 1. The molecule has 1 aromatic heterocycles. The minimum absolute atomic E-state index is 0.00744. The Morgan fingerprint density at radius 1 is 1.38 bits per heavy atom. The van der Waals surface area contributed by atoms with E-state index in [4.69, 9.17) is 4.74 Å². The molecule has 0 saturated carbocycles. The average molecular weight is 323 g/mol. The van der Waals surface area contributed by atoms with Gasteiger partial charge in [0.2, 0.25) is 5.13 Å². The van der Waals surface area contributed by atoms with E-state index < -0.39 is 0 Å². The Morgan fingerprint density at radius 3 is 2.86 bits per heavy atom. The molecule has 2 rings (SSSR count). The van der Waals surface area contributed by atoms with Crippen molar-refractivity contribution in [1.82, 2.24) is 10.2 Å². The minimum atomic E-state index is -0.240. The Bertz CT molecular complexity index is 614. The number of rotatable bonds is 6. The van der Waals surface area contributed by atoms with Gasteiger partial charge in [-0.15, -0.1) is 10.2 Å². The first-order valence-corrected chi connectivity index (χ1v) is 8.43. The van der Waals surface area contributed by atoms with Crippen molar-refractivity contribution in [2.45, 2.75) is 31.2 Å². The second kappa shape index (κ2) is 7.42. The molecule has 1 N–H and O–H groups in total. The van der Waals surface area contributed by atoms with E-state index in [-0.39, 0.29) is 12.0 Å². The predicted octanol–water partition coefficient (Wildman–Crippen LogP) is 3.69. The fraction of sp³-hybridized carbons (Fsp3) is 0.357. The molecule has 0 saturated heterocycles. The Balaban J connectivity index is 2.12. The standard InChI is InChI=1S/C14H17N3O2S2/c1-4-20-14-17-16-13(21-14)15-12(18)10-7-5-6-8-11(10)19-9(2)3/h5-9H,4H2,1-3H3,(H,15,16,18). The highest BCUT2D eigenvalue weighted by Crippen LogP contribution is 2.26. The summed E-state index contributed by atoms with van der Waals surface area (Å²) in [6.07, 6.45) is 0.00744. The van der Waals surface area contributed by atoms with Crippen LogP contribution in [0.2, 0.25) is 0 Å². The van der Waals surface area contributed by atoms with Gasteiger partial charge in [-0.1, -0.05) is 42.2 Å². The predicted molar refractivity (Wildman–Crippen MR) is 86.5 cm³/mol. The van der Waals surface area contributed by atoms with Crippen LogP contribution in [0, 0.1) is 0 Å². The number of anilines is 1. The Labute approximate surface area is 132 Å². The Hall–Kier alpha value is -1.60. The van der Waals surface area contributed by atoms with Crippen LogP contribution in [0.1, 0.15) is 31.1 Å². The lowest BCUT2D eigenvalue weighted by atomic mass is 10.2. The van der Waals surface area contributed by atoms with Crippen LogP contribution in [0.25, 0.3) is 0 Å². The summed E-state index contributed by atoms with van der Waals surface area (Å²) < 4.78 is 6.50. The largest absolute Gasteiger partial charge is 0.490 e. The first-order chi connectivity index (χ1) is 10.1. The Kier molecular flexibility index (Phi) is 5.58. The number of benzene rings is 1. The molecule has 7 heteroatoms. The zero-order valence-electron chi connectivity index (χ0n) is 12.1. The van der Waals surface area contributed by atoms with Crippen LogP contribution < -0.4 is 10.1 Å². The van der Waals surface area contributed by atoms with E-state index >= 15 is 0 Å². The third-order valence-electron chi connectivity index (χ3n) is 2.39. The maximum absolute atomic E-state index is 12.3. The Morgan fingerprint density at radius 2 is 2.14 bits per heavy atom. The molecule has 1 aromatic carbocycles. The SMILES string of the molecule is CCSc1nnc(NC(=O)c2ccccc2OC(C)C)s1. The molecule has 1 amide bonds. The topological polar surface area (TPSA) is 64.1 Å². The first-order valence-electron chi connectivity index (χ1n) is 6.63. The number of hydrogen-bond donors (Lipinski definition) is 1. The van der Waals surface area contributed by atoms with Gasteiger partial charge in [-0.3, -0.25) is 10.1 Å². The molecule has 1 heterocycles. The van der Waals surface area contributed by atoms with E-state index in [9.17, 15) is 4.79 Å². The summed E-state index contributed by atoms with van der Waals surface area (Å²) in [7, 11) is 0. The van der Waals surface area contributed by atoms with E-state index in [0.29, 0.717) is 16.4 Å². The molecule has 0 bridgehead atoms. The van der Waals surface area contributed by atoms with Gasteiger partial charge < -0.3 is 4.74 Å². The lowest BCUT2D eigenvalue weighted by Crippen LogP contribution is -2.15. The summed E-state index contributed by atoms with van der Waals surface area (Å²) >= 11 is 2.97. The van der Waals surface area contributed by atoms with E-state index in [0.717, 1.165) is 10.1 Å². The van der Waals surface area contributed by atoms with Gasteiger partial charge in [0.25, 0.3) is 5.91 Å². The normalized spacial score (nSPS) is 10.7. The van der Waals surface area contributed by atoms with Crippen LogP contribution >= 0.6 is 23.1 Å². The number of amides is 1. The number of carbonyl (C=O) groups is 1. The number of nitrogens with zero attached hydrogens (tertiary/aromatic N) is 2. The van der Waals surface area contributed by atoms with E-state index in [1.54, 1.807) is 30.0 Å². The summed E-state index contributed by atoms with van der Waals surface area (Å²) in [5.74, 6) is 1.25. The van der Waals surface area contributed by atoms with E-state index in [1.165, 1.54) is 11.3 Å². The van der Waals surface area contributed by atoms with Crippen molar-refractivity contribution in [2.75, 3.05) is 11.1 Å². The highest BCUT2D eigenvalue weighted by molar-refractivity contribution is 8.01. The van der Waals surface area contributed by atoms with Crippen LogP contribution in [0.4, 0.5) is 5.13 Å². The highest BCUT2D eigenvalue weighted by atomic mass is 32.2. The zero-order valence-corrected chi connectivity index (χ0v) is 13.8. The molecule has 21 heavy (non-hydrogen) atoms. The lowest BCUT2D eigenvalue weighted by Gasteiger charge is -2.13. The minimum Gasteiger partial charge on any atom is -0.490 e. The molecule has 5 nitrogen and oxygen atoms in total. The number of hydrogen-bond acceptors (Lipinski definition) is 6. The quantitative estimate of drug-likeness (QED) is 0.649. The number of thioether (sulfide) groups is 1. The van der Waals surface area contributed by atoms with Crippen molar-refractivity contribution in [3.63, 3.8) is 0 Å². The van der Waals surface area contributed by atoms with Gasteiger partial charge in [0.05, 0.1) is 11.7 Å². The maximum Gasteiger partial charge on any atom is 0.261 e. The molecule has 2 aromatic rings. The molecule has 0 unspecified atom stereocenters. The van der Waals surface area contributed by atoms with Gasteiger partial charge in [-0.25, -0.2) is 0 Å². The summed E-state index contributed by atoms with van der Waals surface area (Å²) in [5, 5.41) is 11.2. The molecule has 0 aliphatic carbocycles. The van der Waals surface area contributed by atoms with Crippen molar-refractivity contribution < 1.29 is 9.53 Å². The van der Waals surface area contributed by atoms with Crippen LogP contribution in [-0.4, -0.2) is 28.0 Å². The molecule has 0 aliphatic rings. The highest BCUT2D eigenvalue weighted by Gasteiger charge is 2.15. The molecule has 0 spiro atoms. The van der Waals surface area contributed by atoms with Gasteiger partial charge in [-0.2, -0.15) is 0 Å². The fourth-order valence-electron chi connectivity index (χ4n) is 1.62. The third kappa shape index (κ3) is 4.44. The molecular formula is C14H17N3O2S2. The van der Waals surface area contributed by atoms with Gasteiger partial charge in [0.15, 0.2) is 4.34 Å². The van der Waals surface area contributed by atoms with E-state index in [2.05, 4.69) is 15.5 Å². The number of nitrogens with one attached hydrogen (secondary N) is 1. The zero-order chi connectivity index (χ0) is 15.2. The second-order valence-electron chi connectivity index (χ2n) is 4.42. The van der Waals surface area contributed by atoms with Crippen molar-refractivity contribution in [2.24, 2.45) is 0 Å². The number of para-hydroxylation sites is 1. The molecule has 0 fully saturated rings. The first kappa shape index (κ1) is 15.8. The van der Waals surface area contributed by atoms with Crippen LogP contribution in [0.15, 0.2) is 28.6 Å². The van der Waals surface area contributed by atoms with Crippen LogP contribution in [0.3, 0.4) is 0 Å². The molecule has 0 aliphatic heterocycles. The fourth-order valence-corrected chi connectivity index (χ4v) is 3.26. The van der Waals surface area contributed by atoms with Gasteiger partial charge in [-0.05, 0) is 31.7 Å². The third-order valence-corrected chi connectivity index (χ3v) is 4.24. The van der Waals surface area contributed by atoms with Gasteiger partial charge in [0.1, 0.15) is 5.75 Å². The smallest absolute Gasteiger partial charge is 0.261 e. The van der Waals surface area contributed by atoms with Crippen LogP contribution in [0.5, 0.6) is 5.75 Å². The molecular weight excluding hydrogens is 306 g/mol. The monoisotopic (exact) mass is 323 g/mol. The summed E-state index contributed by atoms with van der Waals surface area (Å²) in [5.41, 5.74) is 0.492. The lowest BCUT2D eigenvalue weighted by molar-refractivity contribution is 0.102. The van der Waals surface area contributed by atoms with E-state index in [1.807, 2.05) is 26.8 Å². The van der Waals surface area contributed by atoms with Crippen LogP contribution in [-0.2, 0) is 0 Å². The average Bonchev–Trinajstić information content (AvgIpc) is 2.86. The number of aromatic nitrogens is 2. The molecule has 112 valence electrons. The summed E-state index contributed by atoms with van der Waals surface area (Å²) in [6, 6.07) is 7.17. The van der Waals surface area contributed by atoms with Crippen molar-refractivity contribution in [3.05, 3.63) is 29.8 Å². The summed E-state index contributed by atoms with van der Waals surface area (Å²) in [6.45, 7) is 5.89. The van der Waals surface area contributed by atoms with Gasteiger partial charge >= 0.3 is 0 Å². The van der Waals surface area contributed by atoms with Crippen molar-refractivity contribution in [3.8, 4) is 5.75 Å². The molecule has 0 atom stereocenters. The van der Waals surface area contributed by atoms with Gasteiger partial charge in [0, 0.05) is 0 Å². The second-order valence-corrected chi connectivity index (χ2v) is 6.91. The molecule has 0 radical (unpaired) electrons. The maximum atomic E-state index is 12.3. The van der Waals surface area contributed by atoms with Crippen molar-refractivity contribution in [1.29, 1.82) is 0 Å². The number of ether oxygens (including phenoxy) is 1. The summed E-state index contributed by atoms with van der Waals surface area (Å²) in [4.78, 5) is 12.3. The van der Waals surface area contributed by atoms with Crippen molar-refractivity contribution >= 4 is 34.1 Å².